The highest BCUT2D eigenvalue weighted by molar-refractivity contribution is 7.83. The second kappa shape index (κ2) is 6.03. The first-order valence-electron chi connectivity index (χ1n) is 5.58. The number of rotatable bonds is 4. The third kappa shape index (κ3) is 3.59. The minimum absolute atomic E-state index is 0.476. The first-order chi connectivity index (χ1) is 8.65. The molecule has 2 N–H and O–H groups in total. The molecule has 0 heterocycles. The molecule has 0 aliphatic rings. The molecule has 0 amide bonds. The molecule has 0 spiro atoms. The number of nitrogens with two attached hydrogens (primary N) is 1. The van der Waals surface area contributed by atoms with E-state index in [0.29, 0.717) is 16.5 Å². The molecule has 0 saturated heterocycles. The van der Waals surface area contributed by atoms with E-state index in [4.69, 9.17) is 17.3 Å². The van der Waals surface area contributed by atoms with Crippen molar-refractivity contribution < 1.29 is 4.21 Å². The molecule has 0 saturated carbocycles. The SMILES string of the molecule is Nc1ccc(CS(=O)Cc2ccccc2Cl)cc1. The predicted molar refractivity (Wildman–Crippen MR) is 77.9 cm³/mol. The predicted octanol–water partition coefficient (Wildman–Crippen LogP) is 3.37. The third-order valence-electron chi connectivity index (χ3n) is 2.58. The normalized spacial score (nSPS) is 12.3. The van der Waals surface area contributed by atoms with Gasteiger partial charge in [0.1, 0.15) is 0 Å². The topological polar surface area (TPSA) is 43.1 Å². The fourth-order valence-electron chi connectivity index (χ4n) is 1.64. The number of hydrogen-bond donors (Lipinski definition) is 1. The summed E-state index contributed by atoms with van der Waals surface area (Å²) in [6, 6.07) is 14.9. The smallest absolute Gasteiger partial charge is 0.0503 e. The molecular weight excluding hydrogens is 266 g/mol. The van der Waals surface area contributed by atoms with Crippen molar-refractivity contribution in [2.75, 3.05) is 5.73 Å². The van der Waals surface area contributed by atoms with Crippen molar-refractivity contribution in [2.24, 2.45) is 0 Å². The minimum atomic E-state index is -0.964. The molecule has 2 rings (SSSR count). The molecule has 0 aliphatic carbocycles. The van der Waals surface area contributed by atoms with Gasteiger partial charge >= 0.3 is 0 Å². The van der Waals surface area contributed by atoms with E-state index in [9.17, 15) is 4.21 Å². The summed E-state index contributed by atoms with van der Waals surface area (Å²) in [5, 5.41) is 0.670. The summed E-state index contributed by atoms with van der Waals surface area (Å²) in [7, 11) is -0.964. The second-order valence-electron chi connectivity index (χ2n) is 4.06. The molecule has 0 radical (unpaired) electrons. The lowest BCUT2D eigenvalue weighted by Crippen LogP contribution is -2.00. The van der Waals surface area contributed by atoms with E-state index in [2.05, 4.69) is 0 Å². The van der Waals surface area contributed by atoms with Gasteiger partial charge in [-0.05, 0) is 29.3 Å². The van der Waals surface area contributed by atoms with Gasteiger partial charge in [0.05, 0.1) is 5.75 Å². The van der Waals surface area contributed by atoms with Gasteiger partial charge in [-0.15, -0.1) is 0 Å². The van der Waals surface area contributed by atoms with Gasteiger partial charge in [-0.2, -0.15) is 0 Å². The number of benzene rings is 2. The molecular formula is C14H14ClNOS. The fourth-order valence-corrected chi connectivity index (χ4v) is 3.19. The number of halogens is 1. The molecule has 0 fully saturated rings. The van der Waals surface area contributed by atoms with E-state index in [1.807, 2.05) is 48.5 Å². The maximum Gasteiger partial charge on any atom is 0.0503 e. The Kier molecular flexibility index (Phi) is 4.39. The quantitative estimate of drug-likeness (QED) is 0.872. The maximum absolute atomic E-state index is 12.0. The summed E-state index contributed by atoms with van der Waals surface area (Å²) >= 11 is 6.04. The second-order valence-corrected chi connectivity index (χ2v) is 5.93. The van der Waals surface area contributed by atoms with Gasteiger partial charge in [-0.25, -0.2) is 0 Å². The van der Waals surface area contributed by atoms with Crippen molar-refractivity contribution in [3.8, 4) is 0 Å². The maximum atomic E-state index is 12.0. The van der Waals surface area contributed by atoms with Gasteiger partial charge in [0.2, 0.25) is 0 Å². The summed E-state index contributed by atoms with van der Waals surface area (Å²) in [6.07, 6.45) is 0. The standard InChI is InChI=1S/C14H14ClNOS/c15-14-4-2-1-3-12(14)10-18(17)9-11-5-7-13(16)8-6-11/h1-8H,9-10,16H2. The molecule has 18 heavy (non-hydrogen) atoms. The Hall–Kier alpha value is -1.32. The molecule has 94 valence electrons. The van der Waals surface area contributed by atoms with E-state index in [1.54, 1.807) is 0 Å². The van der Waals surface area contributed by atoms with Gasteiger partial charge in [-0.1, -0.05) is 41.9 Å². The van der Waals surface area contributed by atoms with E-state index in [0.717, 1.165) is 16.8 Å². The van der Waals surface area contributed by atoms with Gasteiger partial charge in [0.25, 0.3) is 0 Å². The largest absolute Gasteiger partial charge is 0.399 e. The summed E-state index contributed by atoms with van der Waals surface area (Å²) in [5.41, 5.74) is 8.27. The monoisotopic (exact) mass is 279 g/mol. The first-order valence-corrected chi connectivity index (χ1v) is 7.44. The Morgan fingerprint density at radius 2 is 1.67 bits per heavy atom. The average molecular weight is 280 g/mol. The van der Waals surface area contributed by atoms with Crippen molar-refractivity contribution >= 4 is 28.1 Å². The van der Waals surface area contributed by atoms with Crippen molar-refractivity contribution in [3.63, 3.8) is 0 Å². The highest BCUT2D eigenvalue weighted by atomic mass is 35.5. The molecule has 0 aliphatic heterocycles. The Labute approximate surface area is 114 Å². The van der Waals surface area contributed by atoms with Crippen LogP contribution in [0.3, 0.4) is 0 Å². The Morgan fingerprint density at radius 3 is 2.33 bits per heavy atom. The van der Waals surface area contributed by atoms with E-state index in [1.165, 1.54) is 0 Å². The molecule has 4 heteroatoms. The summed E-state index contributed by atoms with van der Waals surface area (Å²) < 4.78 is 12.0. The van der Waals surface area contributed by atoms with Crippen LogP contribution in [-0.4, -0.2) is 4.21 Å². The number of anilines is 1. The van der Waals surface area contributed by atoms with Crippen LogP contribution in [0.4, 0.5) is 5.69 Å². The van der Waals surface area contributed by atoms with Crippen LogP contribution < -0.4 is 5.73 Å². The van der Waals surface area contributed by atoms with E-state index in [-0.39, 0.29) is 0 Å². The van der Waals surface area contributed by atoms with Crippen LogP contribution in [-0.2, 0) is 22.3 Å². The number of hydrogen-bond acceptors (Lipinski definition) is 2. The molecule has 2 aromatic carbocycles. The van der Waals surface area contributed by atoms with Crippen molar-refractivity contribution in [3.05, 3.63) is 64.7 Å². The summed E-state index contributed by atoms with van der Waals surface area (Å²) in [4.78, 5) is 0. The first kappa shape index (κ1) is 13.1. The van der Waals surface area contributed by atoms with Crippen LogP contribution in [0.1, 0.15) is 11.1 Å². The highest BCUT2D eigenvalue weighted by Gasteiger charge is 2.06. The third-order valence-corrected chi connectivity index (χ3v) is 4.24. The van der Waals surface area contributed by atoms with Crippen molar-refractivity contribution in [1.29, 1.82) is 0 Å². The van der Waals surface area contributed by atoms with Crippen LogP contribution >= 0.6 is 11.6 Å². The van der Waals surface area contributed by atoms with Gasteiger partial charge in [0, 0.05) is 27.3 Å². The Morgan fingerprint density at radius 1 is 1.00 bits per heavy atom. The van der Waals surface area contributed by atoms with Crippen LogP contribution in [0.5, 0.6) is 0 Å². The zero-order valence-corrected chi connectivity index (χ0v) is 11.4. The average Bonchev–Trinajstić information content (AvgIpc) is 2.35. The van der Waals surface area contributed by atoms with Crippen molar-refractivity contribution in [1.82, 2.24) is 0 Å². The van der Waals surface area contributed by atoms with E-state index >= 15 is 0 Å². The van der Waals surface area contributed by atoms with Crippen LogP contribution in [0.25, 0.3) is 0 Å². The zero-order chi connectivity index (χ0) is 13.0. The highest BCUT2D eigenvalue weighted by Crippen LogP contribution is 2.18. The Balaban J connectivity index is 2.01. The Bertz CT molecular complexity index is 554. The fraction of sp³-hybridized carbons (Fsp3) is 0.143. The summed E-state index contributed by atoms with van der Waals surface area (Å²) in [6.45, 7) is 0. The van der Waals surface area contributed by atoms with Crippen LogP contribution in [0.2, 0.25) is 5.02 Å². The van der Waals surface area contributed by atoms with Gasteiger partial charge in [0.15, 0.2) is 0 Å². The van der Waals surface area contributed by atoms with E-state index < -0.39 is 10.8 Å². The van der Waals surface area contributed by atoms with Gasteiger partial charge in [-0.3, -0.25) is 4.21 Å². The lowest BCUT2D eigenvalue weighted by molar-refractivity contribution is 0.682. The molecule has 1 unspecified atom stereocenters. The molecule has 0 aromatic heterocycles. The molecule has 1 atom stereocenters. The zero-order valence-electron chi connectivity index (χ0n) is 9.80. The lowest BCUT2D eigenvalue weighted by Gasteiger charge is -2.05. The van der Waals surface area contributed by atoms with Gasteiger partial charge < -0.3 is 5.73 Å². The lowest BCUT2D eigenvalue weighted by atomic mass is 10.2. The van der Waals surface area contributed by atoms with Crippen LogP contribution in [0.15, 0.2) is 48.5 Å². The number of nitrogen functional groups attached to an aromatic ring is 1. The van der Waals surface area contributed by atoms with Crippen LogP contribution in [0, 0.1) is 0 Å². The molecule has 2 nitrogen and oxygen atoms in total. The molecule has 2 aromatic rings. The molecule has 0 bridgehead atoms. The summed E-state index contributed by atoms with van der Waals surface area (Å²) in [5.74, 6) is 0.996. The van der Waals surface area contributed by atoms with Crippen molar-refractivity contribution in [2.45, 2.75) is 11.5 Å². The minimum Gasteiger partial charge on any atom is -0.399 e.